The Morgan fingerprint density at radius 1 is 0.639 bits per heavy atom. The van der Waals surface area contributed by atoms with Crippen molar-refractivity contribution in [2.24, 2.45) is 0 Å². The number of rotatable bonds is 0. The highest BCUT2D eigenvalue weighted by Gasteiger charge is 2.43. The SMILES string of the molecule is CC(C)(C)OC(=O)N1C(=O)/C(=C2\Sc3ccccc3N(C(=O)OC(C)(C)C)C2=O)Sc2ccccc21. The van der Waals surface area contributed by atoms with E-state index in [1.54, 1.807) is 90.1 Å². The summed E-state index contributed by atoms with van der Waals surface area (Å²) in [7, 11) is 0. The monoisotopic (exact) mass is 526 g/mol. The van der Waals surface area contributed by atoms with Gasteiger partial charge in [-0.05, 0) is 65.8 Å². The lowest BCUT2D eigenvalue weighted by Gasteiger charge is -2.34. The third kappa shape index (κ3) is 5.15. The second kappa shape index (κ2) is 9.33. The number of hydrogen-bond acceptors (Lipinski definition) is 8. The lowest BCUT2D eigenvalue weighted by Crippen LogP contribution is -2.46. The molecule has 2 aromatic carbocycles. The van der Waals surface area contributed by atoms with Gasteiger partial charge in [0.05, 0.1) is 21.2 Å². The zero-order valence-corrected chi connectivity index (χ0v) is 22.4. The average Bonchev–Trinajstić information content (AvgIpc) is 2.75. The van der Waals surface area contributed by atoms with E-state index in [1.165, 1.54) is 0 Å². The van der Waals surface area contributed by atoms with Crippen LogP contribution in [0.25, 0.3) is 0 Å². The van der Waals surface area contributed by atoms with Crippen molar-refractivity contribution < 1.29 is 28.7 Å². The van der Waals surface area contributed by atoms with E-state index in [0.717, 1.165) is 33.3 Å². The van der Waals surface area contributed by atoms with Crippen molar-refractivity contribution in [1.29, 1.82) is 0 Å². The van der Waals surface area contributed by atoms with Crippen molar-refractivity contribution in [2.45, 2.75) is 62.5 Å². The molecule has 2 aromatic rings. The highest BCUT2D eigenvalue weighted by Crippen LogP contribution is 2.50. The zero-order valence-electron chi connectivity index (χ0n) is 20.8. The summed E-state index contributed by atoms with van der Waals surface area (Å²) in [5.74, 6) is -1.40. The summed E-state index contributed by atoms with van der Waals surface area (Å²) < 4.78 is 11.0. The van der Waals surface area contributed by atoms with Gasteiger partial charge in [-0.25, -0.2) is 19.4 Å². The Kier molecular flexibility index (Phi) is 6.70. The van der Waals surface area contributed by atoms with E-state index in [4.69, 9.17) is 9.47 Å². The van der Waals surface area contributed by atoms with Crippen LogP contribution < -0.4 is 9.80 Å². The summed E-state index contributed by atoms with van der Waals surface area (Å²) in [4.78, 5) is 56.8. The van der Waals surface area contributed by atoms with E-state index in [2.05, 4.69) is 0 Å². The minimum Gasteiger partial charge on any atom is -0.443 e. The summed E-state index contributed by atoms with van der Waals surface area (Å²) in [6.07, 6.45) is -1.70. The molecule has 0 fully saturated rings. The molecule has 4 amide bonds. The van der Waals surface area contributed by atoms with Crippen LogP contribution in [0.4, 0.5) is 21.0 Å². The molecular weight excluding hydrogens is 500 g/mol. The maximum atomic E-state index is 13.7. The molecule has 0 radical (unpaired) electrons. The van der Waals surface area contributed by atoms with Gasteiger partial charge in [-0.1, -0.05) is 47.8 Å². The van der Waals surface area contributed by atoms with Crippen molar-refractivity contribution in [2.75, 3.05) is 9.80 Å². The number of hydrogen-bond donors (Lipinski definition) is 0. The summed E-state index contributed by atoms with van der Waals surface area (Å²) in [5.41, 5.74) is -0.953. The van der Waals surface area contributed by atoms with Gasteiger partial charge < -0.3 is 9.47 Å². The number of nitrogens with zero attached hydrogens (tertiary/aromatic N) is 2. The first kappa shape index (κ1) is 25.8. The fraction of sp³-hybridized carbons (Fsp3) is 0.308. The number of amides is 4. The zero-order chi connectivity index (χ0) is 26.4. The summed E-state index contributed by atoms with van der Waals surface area (Å²) in [5, 5.41) is 0. The fourth-order valence-corrected chi connectivity index (χ4v) is 5.68. The Morgan fingerprint density at radius 3 is 1.31 bits per heavy atom. The molecular formula is C26H26N2O6S2. The number of carbonyl (C=O) groups is 4. The highest BCUT2D eigenvalue weighted by molar-refractivity contribution is 8.08. The standard InChI is InChI=1S/C26H26N2O6S2/c1-25(2,3)33-23(31)27-15-11-7-9-13-17(15)35-19(21(27)29)20-22(30)28(24(32)34-26(4,5)6)16-12-8-10-14-18(16)36-20/h7-14H,1-6H3/b20-19+. The minimum atomic E-state index is -0.851. The van der Waals surface area contributed by atoms with E-state index in [0.29, 0.717) is 21.2 Å². The number of fused-ring (bicyclic) bond motifs is 2. The summed E-state index contributed by atoms with van der Waals surface area (Å²) in [6, 6.07) is 13.8. The molecule has 188 valence electrons. The lowest BCUT2D eigenvalue weighted by atomic mass is 10.2. The Balaban J connectivity index is 1.85. The van der Waals surface area contributed by atoms with Gasteiger partial charge in [-0.2, -0.15) is 0 Å². The Hall–Kier alpha value is -3.24. The molecule has 0 saturated heterocycles. The number of para-hydroxylation sites is 2. The molecule has 0 atom stereocenters. The molecule has 0 N–H and O–H groups in total. The van der Waals surface area contributed by atoms with E-state index in [1.807, 2.05) is 0 Å². The minimum absolute atomic E-state index is 0.0256. The van der Waals surface area contributed by atoms with Gasteiger partial charge >= 0.3 is 12.2 Å². The number of ether oxygens (including phenoxy) is 2. The van der Waals surface area contributed by atoms with Crippen molar-refractivity contribution >= 4 is 58.9 Å². The topological polar surface area (TPSA) is 93.2 Å². The van der Waals surface area contributed by atoms with Gasteiger partial charge in [0.2, 0.25) is 0 Å². The van der Waals surface area contributed by atoms with Crippen LogP contribution in [0.5, 0.6) is 0 Å². The van der Waals surface area contributed by atoms with Crippen LogP contribution in [0, 0.1) is 0 Å². The van der Waals surface area contributed by atoms with Gasteiger partial charge in [0, 0.05) is 9.79 Å². The number of carbonyl (C=O) groups excluding carboxylic acids is 4. The van der Waals surface area contributed by atoms with Crippen LogP contribution in [0.2, 0.25) is 0 Å². The summed E-state index contributed by atoms with van der Waals surface area (Å²) >= 11 is 2.15. The maximum Gasteiger partial charge on any atom is 0.422 e. The molecule has 0 saturated carbocycles. The molecule has 4 rings (SSSR count). The second-order valence-electron chi connectivity index (χ2n) is 10.0. The third-order valence-electron chi connectivity index (χ3n) is 4.79. The van der Waals surface area contributed by atoms with Gasteiger partial charge in [0.1, 0.15) is 11.2 Å². The first-order valence-corrected chi connectivity index (χ1v) is 12.8. The fourth-order valence-electron chi connectivity index (χ4n) is 3.45. The predicted molar refractivity (Wildman–Crippen MR) is 139 cm³/mol. The molecule has 8 nitrogen and oxygen atoms in total. The van der Waals surface area contributed by atoms with Crippen LogP contribution in [-0.4, -0.2) is 35.2 Å². The van der Waals surface area contributed by atoms with E-state index in [-0.39, 0.29) is 9.81 Å². The van der Waals surface area contributed by atoms with E-state index < -0.39 is 35.2 Å². The first-order chi connectivity index (χ1) is 16.8. The molecule has 0 aliphatic carbocycles. The molecule has 0 spiro atoms. The van der Waals surface area contributed by atoms with Crippen LogP contribution in [0.1, 0.15) is 41.5 Å². The van der Waals surface area contributed by atoms with E-state index >= 15 is 0 Å². The van der Waals surface area contributed by atoms with Crippen molar-refractivity contribution in [3.63, 3.8) is 0 Å². The van der Waals surface area contributed by atoms with Gasteiger partial charge in [0.15, 0.2) is 0 Å². The number of thioether (sulfide) groups is 2. The molecule has 2 aliphatic rings. The Morgan fingerprint density at radius 2 is 0.972 bits per heavy atom. The highest BCUT2D eigenvalue weighted by atomic mass is 32.2. The third-order valence-corrected chi connectivity index (χ3v) is 7.21. The number of imide groups is 2. The second-order valence-corrected chi connectivity index (χ2v) is 12.1. The first-order valence-electron chi connectivity index (χ1n) is 11.2. The average molecular weight is 527 g/mol. The molecule has 0 bridgehead atoms. The predicted octanol–water partition coefficient (Wildman–Crippen LogP) is 6.35. The molecule has 2 heterocycles. The Labute approximate surface area is 218 Å². The molecule has 0 unspecified atom stereocenters. The number of benzene rings is 2. The van der Waals surface area contributed by atoms with Gasteiger partial charge in [-0.15, -0.1) is 0 Å². The van der Waals surface area contributed by atoms with Crippen LogP contribution >= 0.6 is 23.5 Å². The molecule has 0 aromatic heterocycles. The quantitative estimate of drug-likeness (QED) is 0.367. The Bertz CT molecular complexity index is 1210. The van der Waals surface area contributed by atoms with Gasteiger partial charge in [-0.3, -0.25) is 9.59 Å². The van der Waals surface area contributed by atoms with Crippen LogP contribution in [-0.2, 0) is 19.1 Å². The normalized spacial score (nSPS) is 17.9. The van der Waals surface area contributed by atoms with Gasteiger partial charge in [0.25, 0.3) is 11.8 Å². The maximum absolute atomic E-state index is 13.7. The molecule has 10 heteroatoms. The van der Waals surface area contributed by atoms with Crippen molar-refractivity contribution in [1.82, 2.24) is 0 Å². The van der Waals surface area contributed by atoms with Crippen molar-refractivity contribution in [3.8, 4) is 0 Å². The van der Waals surface area contributed by atoms with Crippen LogP contribution in [0.3, 0.4) is 0 Å². The lowest BCUT2D eigenvalue weighted by molar-refractivity contribution is -0.116. The van der Waals surface area contributed by atoms with Crippen molar-refractivity contribution in [3.05, 3.63) is 58.3 Å². The molecule has 36 heavy (non-hydrogen) atoms. The largest absolute Gasteiger partial charge is 0.443 e. The molecule has 2 aliphatic heterocycles. The smallest absolute Gasteiger partial charge is 0.422 e. The van der Waals surface area contributed by atoms with E-state index in [9.17, 15) is 19.2 Å². The number of anilines is 2. The van der Waals surface area contributed by atoms with Crippen LogP contribution in [0.15, 0.2) is 68.1 Å². The summed E-state index contributed by atoms with van der Waals surface area (Å²) in [6.45, 7) is 10.2.